The largest absolute Gasteiger partial charge is 0.339 e. The minimum Gasteiger partial charge on any atom is -0.339 e. The van der Waals surface area contributed by atoms with E-state index >= 15 is 0 Å². The van der Waals surface area contributed by atoms with Crippen molar-refractivity contribution in [1.29, 1.82) is 0 Å². The Bertz CT molecular complexity index is 380. The van der Waals surface area contributed by atoms with E-state index in [9.17, 15) is 0 Å². The van der Waals surface area contributed by atoms with Crippen LogP contribution in [0.15, 0.2) is 4.52 Å². The lowest BCUT2D eigenvalue weighted by Gasteiger charge is -2.21. The molecule has 1 saturated heterocycles. The zero-order valence-electron chi connectivity index (χ0n) is 12.2. The van der Waals surface area contributed by atoms with Crippen LogP contribution in [-0.2, 0) is 12.2 Å². The molecule has 4 nitrogen and oxygen atoms in total. The number of piperidine rings is 1. The standard InChI is InChI=1S/C14H25N3OS/c1-14(2,3)19-10-12-16-13(18-17-12)7-6-11-5-4-8-15-9-11/h11,15H,4-10H2,1-3H3. The van der Waals surface area contributed by atoms with Gasteiger partial charge in [0, 0.05) is 11.2 Å². The maximum atomic E-state index is 5.33. The molecule has 0 aliphatic carbocycles. The van der Waals surface area contributed by atoms with E-state index in [4.69, 9.17) is 4.52 Å². The van der Waals surface area contributed by atoms with Crippen molar-refractivity contribution in [3.8, 4) is 0 Å². The Morgan fingerprint density at radius 3 is 2.95 bits per heavy atom. The zero-order valence-corrected chi connectivity index (χ0v) is 13.1. The highest BCUT2D eigenvalue weighted by Gasteiger charge is 2.16. The van der Waals surface area contributed by atoms with Crippen molar-refractivity contribution in [1.82, 2.24) is 15.5 Å². The molecular weight excluding hydrogens is 258 g/mol. The van der Waals surface area contributed by atoms with Gasteiger partial charge < -0.3 is 9.84 Å². The van der Waals surface area contributed by atoms with Crippen molar-refractivity contribution in [2.24, 2.45) is 5.92 Å². The van der Waals surface area contributed by atoms with Gasteiger partial charge in [0.05, 0.1) is 5.75 Å². The number of hydrogen-bond donors (Lipinski definition) is 1. The Morgan fingerprint density at radius 1 is 1.42 bits per heavy atom. The summed E-state index contributed by atoms with van der Waals surface area (Å²) in [6, 6.07) is 0. The lowest BCUT2D eigenvalue weighted by molar-refractivity contribution is 0.326. The molecule has 1 fully saturated rings. The minimum atomic E-state index is 0.245. The first-order chi connectivity index (χ1) is 9.03. The summed E-state index contributed by atoms with van der Waals surface area (Å²) in [5, 5.41) is 7.50. The Labute approximate surface area is 120 Å². The van der Waals surface area contributed by atoms with Crippen molar-refractivity contribution in [2.75, 3.05) is 13.1 Å². The van der Waals surface area contributed by atoms with Gasteiger partial charge in [-0.05, 0) is 38.3 Å². The SMILES string of the molecule is CC(C)(C)SCc1noc(CCC2CCCNC2)n1. The predicted molar refractivity (Wildman–Crippen MR) is 79.3 cm³/mol. The monoisotopic (exact) mass is 283 g/mol. The van der Waals surface area contributed by atoms with Crippen molar-refractivity contribution in [3.63, 3.8) is 0 Å². The van der Waals surface area contributed by atoms with Crippen LogP contribution in [0.5, 0.6) is 0 Å². The molecule has 0 amide bonds. The van der Waals surface area contributed by atoms with E-state index in [2.05, 4.69) is 36.2 Å². The molecule has 2 heterocycles. The van der Waals surface area contributed by atoms with Gasteiger partial charge in [-0.15, -0.1) is 11.8 Å². The second-order valence-electron chi connectivity index (χ2n) is 6.26. The molecule has 0 bridgehead atoms. The van der Waals surface area contributed by atoms with Crippen LogP contribution in [-0.4, -0.2) is 28.0 Å². The fourth-order valence-electron chi connectivity index (χ4n) is 2.23. The van der Waals surface area contributed by atoms with Gasteiger partial charge in [-0.1, -0.05) is 25.9 Å². The lowest BCUT2D eigenvalue weighted by atomic mass is 9.95. The number of hydrogen-bond acceptors (Lipinski definition) is 5. The predicted octanol–water partition coefficient (Wildman–Crippen LogP) is 3.03. The van der Waals surface area contributed by atoms with E-state index in [0.29, 0.717) is 0 Å². The second-order valence-corrected chi connectivity index (χ2v) is 8.06. The first-order valence-corrected chi connectivity index (χ1v) is 8.17. The van der Waals surface area contributed by atoms with E-state index in [-0.39, 0.29) is 4.75 Å². The molecule has 1 aromatic heterocycles. The Hall–Kier alpha value is -0.550. The maximum absolute atomic E-state index is 5.33. The normalized spacial score (nSPS) is 20.7. The third-order valence-corrected chi connectivity index (χ3v) is 4.58. The van der Waals surface area contributed by atoms with Crippen molar-refractivity contribution >= 4 is 11.8 Å². The van der Waals surface area contributed by atoms with Gasteiger partial charge in [0.1, 0.15) is 0 Å². The third-order valence-electron chi connectivity index (χ3n) is 3.31. The van der Waals surface area contributed by atoms with Crippen LogP contribution in [0.4, 0.5) is 0 Å². The van der Waals surface area contributed by atoms with E-state index < -0.39 is 0 Å². The molecule has 1 aromatic rings. The fraction of sp³-hybridized carbons (Fsp3) is 0.857. The molecule has 0 radical (unpaired) electrons. The van der Waals surface area contributed by atoms with Crippen LogP contribution >= 0.6 is 11.8 Å². The summed E-state index contributed by atoms with van der Waals surface area (Å²) >= 11 is 1.85. The summed E-state index contributed by atoms with van der Waals surface area (Å²) in [6.45, 7) is 8.92. The Balaban J connectivity index is 1.74. The average Bonchev–Trinajstić information content (AvgIpc) is 2.82. The van der Waals surface area contributed by atoms with Crippen molar-refractivity contribution in [2.45, 2.75) is 57.0 Å². The fourth-order valence-corrected chi connectivity index (χ4v) is 2.91. The molecule has 108 valence electrons. The summed E-state index contributed by atoms with van der Waals surface area (Å²) in [7, 11) is 0. The molecule has 1 aliphatic heterocycles. The van der Waals surface area contributed by atoms with Crippen LogP contribution < -0.4 is 5.32 Å². The Morgan fingerprint density at radius 2 is 2.26 bits per heavy atom. The highest BCUT2D eigenvalue weighted by Crippen LogP contribution is 2.26. The number of nitrogens with zero attached hydrogens (tertiary/aromatic N) is 2. The van der Waals surface area contributed by atoms with Crippen molar-refractivity contribution in [3.05, 3.63) is 11.7 Å². The summed E-state index contributed by atoms with van der Waals surface area (Å²) in [5.74, 6) is 3.23. The smallest absolute Gasteiger partial charge is 0.226 e. The van der Waals surface area contributed by atoms with Crippen LogP contribution in [0.25, 0.3) is 0 Å². The zero-order chi connectivity index (χ0) is 13.7. The topological polar surface area (TPSA) is 51.0 Å². The molecule has 19 heavy (non-hydrogen) atoms. The van der Waals surface area contributed by atoms with Crippen molar-refractivity contribution < 1.29 is 4.52 Å². The van der Waals surface area contributed by atoms with Gasteiger partial charge in [-0.25, -0.2) is 0 Å². The van der Waals surface area contributed by atoms with Crippen LogP contribution in [0.3, 0.4) is 0 Å². The van der Waals surface area contributed by atoms with E-state index in [1.165, 1.54) is 19.4 Å². The van der Waals surface area contributed by atoms with Crippen LogP contribution in [0.1, 0.15) is 51.7 Å². The van der Waals surface area contributed by atoms with Gasteiger partial charge in [-0.3, -0.25) is 0 Å². The lowest BCUT2D eigenvalue weighted by Crippen LogP contribution is -2.29. The van der Waals surface area contributed by atoms with E-state index in [0.717, 1.165) is 42.8 Å². The molecule has 5 heteroatoms. The number of rotatable bonds is 5. The quantitative estimate of drug-likeness (QED) is 0.900. The van der Waals surface area contributed by atoms with Gasteiger partial charge >= 0.3 is 0 Å². The summed E-state index contributed by atoms with van der Waals surface area (Å²) in [6.07, 6.45) is 4.69. The number of aromatic nitrogens is 2. The average molecular weight is 283 g/mol. The second kappa shape index (κ2) is 6.75. The third kappa shape index (κ3) is 5.53. The molecule has 1 N–H and O–H groups in total. The molecule has 2 rings (SSSR count). The number of thioether (sulfide) groups is 1. The molecule has 1 atom stereocenters. The van der Waals surface area contributed by atoms with E-state index in [1.807, 2.05) is 11.8 Å². The first kappa shape index (κ1) is 14.9. The van der Waals surface area contributed by atoms with Gasteiger partial charge in [-0.2, -0.15) is 4.98 Å². The summed E-state index contributed by atoms with van der Waals surface area (Å²) in [5.41, 5.74) is 0. The summed E-state index contributed by atoms with van der Waals surface area (Å²) < 4.78 is 5.57. The highest BCUT2D eigenvalue weighted by atomic mass is 32.2. The molecule has 0 aromatic carbocycles. The van der Waals surface area contributed by atoms with Crippen LogP contribution in [0, 0.1) is 5.92 Å². The highest BCUT2D eigenvalue weighted by molar-refractivity contribution is 7.99. The number of aryl methyl sites for hydroxylation is 1. The molecule has 0 saturated carbocycles. The molecule has 1 aliphatic rings. The van der Waals surface area contributed by atoms with Gasteiger partial charge in [0.2, 0.25) is 5.89 Å². The van der Waals surface area contributed by atoms with Crippen LogP contribution in [0.2, 0.25) is 0 Å². The van der Waals surface area contributed by atoms with E-state index in [1.54, 1.807) is 0 Å². The maximum Gasteiger partial charge on any atom is 0.226 e. The number of nitrogens with one attached hydrogen (secondary N) is 1. The summed E-state index contributed by atoms with van der Waals surface area (Å²) in [4.78, 5) is 4.48. The minimum absolute atomic E-state index is 0.245. The first-order valence-electron chi connectivity index (χ1n) is 7.19. The molecule has 0 spiro atoms. The molecular formula is C14H25N3OS. The van der Waals surface area contributed by atoms with Gasteiger partial charge in [0.15, 0.2) is 5.82 Å². The Kier molecular flexibility index (Phi) is 5.28. The molecule has 1 unspecified atom stereocenters. The van der Waals surface area contributed by atoms with Gasteiger partial charge in [0.25, 0.3) is 0 Å².